The fourth-order valence-corrected chi connectivity index (χ4v) is 3.18. The van der Waals surface area contributed by atoms with Crippen molar-refractivity contribution in [3.05, 3.63) is 12.2 Å². The van der Waals surface area contributed by atoms with Crippen molar-refractivity contribution in [2.45, 2.75) is 50.6 Å². The Hall–Kier alpha value is -1.24. The summed E-state index contributed by atoms with van der Waals surface area (Å²) in [6, 6.07) is 0. The predicted octanol–water partition coefficient (Wildman–Crippen LogP) is 1.12. The van der Waals surface area contributed by atoms with Crippen LogP contribution in [0.15, 0.2) is 12.2 Å². The van der Waals surface area contributed by atoms with Crippen LogP contribution >= 0.6 is 0 Å². The van der Waals surface area contributed by atoms with Gasteiger partial charge in [-0.25, -0.2) is 0 Å². The van der Waals surface area contributed by atoms with Crippen LogP contribution in [0.25, 0.3) is 0 Å². The molecule has 2 fully saturated rings. The Bertz CT molecular complexity index is 388. The summed E-state index contributed by atoms with van der Waals surface area (Å²) in [6.45, 7) is 0.660. The summed E-state index contributed by atoms with van der Waals surface area (Å²) in [6.07, 6.45) is 5.37. The van der Waals surface area contributed by atoms with E-state index in [9.17, 15) is 14.7 Å². The highest BCUT2D eigenvalue weighted by molar-refractivity contribution is 5.67. The normalized spacial score (nSPS) is 36.9. The van der Waals surface area contributed by atoms with Crippen LogP contribution in [-0.2, 0) is 19.1 Å². The van der Waals surface area contributed by atoms with E-state index in [4.69, 9.17) is 14.6 Å². The third-order valence-electron chi connectivity index (χ3n) is 4.18. The van der Waals surface area contributed by atoms with Gasteiger partial charge < -0.3 is 19.7 Å². The summed E-state index contributed by atoms with van der Waals surface area (Å²) in [4.78, 5) is 21.5. The molecule has 0 aromatic rings. The maximum Gasteiger partial charge on any atom is 0.303 e. The lowest BCUT2D eigenvalue weighted by Gasteiger charge is -2.28. The number of rotatable bonds is 6. The molecule has 118 valence electrons. The lowest BCUT2D eigenvalue weighted by atomic mass is 9.90. The molecular weight excluding hydrogens is 276 g/mol. The highest BCUT2D eigenvalue weighted by Gasteiger charge is 2.43. The van der Waals surface area contributed by atoms with Gasteiger partial charge in [-0.05, 0) is 25.3 Å². The van der Waals surface area contributed by atoms with Gasteiger partial charge in [0.15, 0.2) is 6.29 Å². The van der Waals surface area contributed by atoms with Gasteiger partial charge in [0, 0.05) is 24.9 Å². The van der Waals surface area contributed by atoms with Crippen molar-refractivity contribution in [1.82, 2.24) is 0 Å². The van der Waals surface area contributed by atoms with Crippen molar-refractivity contribution in [2.24, 2.45) is 11.8 Å². The minimum absolute atomic E-state index is 0.138. The number of carboxylic acid groups (broad SMARTS) is 1. The SMILES string of the molecule is O=CC=C[C@@H]1[C@@H](CC(=O)O)[C@@H](O)C[C@H]1OC1CCCCO1. The molecule has 2 N–H and O–H groups in total. The highest BCUT2D eigenvalue weighted by atomic mass is 16.7. The second-order valence-corrected chi connectivity index (χ2v) is 5.63. The lowest BCUT2D eigenvalue weighted by molar-refractivity contribution is -0.193. The Morgan fingerprint density at radius 1 is 1.38 bits per heavy atom. The molecule has 1 unspecified atom stereocenters. The molecule has 6 nitrogen and oxygen atoms in total. The Kier molecular flexibility index (Phi) is 5.90. The van der Waals surface area contributed by atoms with Gasteiger partial charge in [-0.2, -0.15) is 0 Å². The first-order valence-electron chi connectivity index (χ1n) is 7.40. The zero-order valence-corrected chi connectivity index (χ0v) is 11.9. The van der Waals surface area contributed by atoms with Crippen molar-refractivity contribution in [2.75, 3.05) is 6.61 Å². The first kappa shape index (κ1) is 16.1. The van der Waals surface area contributed by atoms with Crippen LogP contribution in [0.5, 0.6) is 0 Å². The fourth-order valence-electron chi connectivity index (χ4n) is 3.18. The second-order valence-electron chi connectivity index (χ2n) is 5.63. The topological polar surface area (TPSA) is 93.1 Å². The van der Waals surface area contributed by atoms with E-state index in [2.05, 4.69) is 0 Å². The second kappa shape index (κ2) is 7.68. The maximum atomic E-state index is 10.9. The number of aliphatic hydroxyl groups excluding tert-OH is 1. The Morgan fingerprint density at radius 2 is 2.19 bits per heavy atom. The van der Waals surface area contributed by atoms with Crippen molar-refractivity contribution < 1.29 is 29.3 Å². The summed E-state index contributed by atoms with van der Waals surface area (Å²) >= 11 is 0. The Labute approximate surface area is 123 Å². The summed E-state index contributed by atoms with van der Waals surface area (Å²) in [5.74, 6) is -1.68. The number of aliphatic hydroxyl groups is 1. The van der Waals surface area contributed by atoms with E-state index < -0.39 is 18.0 Å². The van der Waals surface area contributed by atoms with Crippen LogP contribution in [0.1, 0.15) is 32.1 Å². The van der Waals surface area contributed by atoms with Gasteiger partial charge in [0.05, 0.1) is 18.6 Å². The Morgan fingerprint density at radius 3 is 2.81 bits per heavy atom. The average Bonchev–Trinajstić information content (AvgIpc) is 2.73. The van der Waals surface area contributed by atoms with Crippen LogP contribution in [-0.4, -0.2) is 47.6 Å². The highest BCUT2D eigenvalue weighted by Crippen LogP contribution is 2.39. The number of carbonyl (C=O) groups excluding carboxylic acids is 1. The molecule has 2 aliphatic rings. The van der Waals surface area contributed by atoms with Gasteiger partial charge in [-0.3, -0.25) is 9.59 Å². The van der Waals surface area contributed by atoms with Gasteiger partial charge >= 0.3 is 5.97 Å². The number of hydrogen-bond acceptors (Lipinski definition) is 5. The molecule has 0 spiro atoms. The number of aldehydes is 1. The molecule has 1 saturated heterocycles. The number of hydrogen-bond donors (Lipinski definition) is 2. The molecular formula is C15H22O6. The van der Waals surface area contributed by atoms with E-state index in [1.807, 2.05) is 0 Å². The van der Waals surface area contributed by atoms with Gasteiger partial charge in [0.25, 0.3) is 0 Å². The van der Waals surface area contributed by atoms with Crippen LogP contribution in [0, 0.1) is 11.8 Å². The van der Waals surface area contributed by atoms with Crippen LogP contribution in [0.3, 0.4) is 0 Å². The van der Waals surface area contributed by atoms with Crippen molar-refractivity contribution in [3.8, 4) is 0 Å². The quantitative estimate of drug-likeness (QED) is 0.564. The zero-order chi connectivity index (χ0) is 15.2. The molecule has 1 aliphatic heterocycles. The molecule has 5 atom stereocenters. The molecule has 0 aromatic heterocycles. The number of ether oxygens (including phenoxy) is 2. The molecule has 0 radical (unpaired) electrons. The van der Waals surface area contributed by atoms with E-state index in [0.717, 1.165) is 19.3 Å². The molecule has 1 heterocycles. The minimum atomic E-state index is -0.960. The smallest absolute Gasteiger partial charge is 0.303 e. The van der Waals surface area contributed by atoms with E-state index in [0.29, 0.717) is 19.3 Å². The predicted molar refractivity (Wildman–Crippen MR) is 73.5 cm³/mol. The fraction of sp³-hybridized carbons (Fsp3) is 0.733. The molecule has 1 aliphatic carbocycles. The number of carboxylic acids is 1. The van der Waals surface area contributed by atoms with Crippen molar-refractivity contribution in [1.29, 1.82) is 0 Å². The van der Waals surface area contributed by atoms with E-state index in [1.165, 1.54) is 6.08 Å². The summed E-state index contributed by atoms with van der Waals surface area (Å²) in [5, 5.41) is 19.1. The summed E-state index contributed by atoms with van der Waals surface area (Å²) < 4.78 is 11.4. The van der Waals surface area contributed by atoms with Gasteiger partial charge in [0.2, 0.25) is 0 Å². The van der Waals surface area contributed by atoms with Gasteiger partial charge in [-0.15, -0.1) is 0 Å². The van der Waals surface area contributed by atoms with E-state index in [1.54, 1.807) is 6.08 Å². The number of aliphatic carboxylic acids is 1. The van der Waals surface area contributed by atoms with Gasteiger partial charge in [-0.1, -0.05) is 6.08 Å². The van der Waals surface area contributed by atoms with E-state index >= 15 is 0 Å². The largest absolute Gasteiger partial charge is 0.481 e. The Balaban J connectivity index is 2.04. The maximum absolute atomic E-state index is 10.9. The monoisotopic (exact) mass is 298 g/mol. The number of allylic oxidation sites excluding steroid dienone is 1. The average molecular weight is 298 g/mol. The summed E-state index contributed by atoms with van der Waals surface area (Å²) in [7, 11) is 0. The minimum Gasteiger partial charge on any atom is -0.481 e. The zero-order valence-electron chi connectivity index (χ0n) is 11.9. The third kappa shape index (κ3) is 4.36. The molecule has 6 heteroatoms. The molecule has 0 amide bonds. The molecule has 21 heavy (non-hydrogen) atoms. The van der Waals surface area contributed by atoms with Crippen molar-refractivity contribution in [3.63, 3.8) is 0 Å². The standard InChI is InChI=1S/C15H22O6/c16-6-3-4-10-11(8-14(18)19)12(17)9-13(10)21-15-5-1-2-7-20-15/h3-4,6,10-13,15,17H,1-2,5,7-9H2,(H,18,19)/t10-,11-,12+,13-,15?/m1/s1. The van der Waals surface area contributed by atoms with Gasteiger partial charge in [0.1, 0.15) is 6.29 Å². The number of carbonyl (C=O) groups is 2. The van der Waals surface area contributed by atoms with Crippen LogP contribution in [0.2, 0.25) is 0 Å². The van der Waals surface area contributed by atoms with Crippen LogP contribution < -0.4 is 0 Å². The first-order valence-corrected chi connectivity index (χ1v) is 7.40. The van der Waals surface area contributed by atoms with Crippen LogP contribution in [0.4, 0.5) is 0 Å². The molecule has 2 rings (SSSR count). The molecule has 0 bridgehead atoms. The van der Waals surface area contributed by atoms with Crippen molar-refractivity contribution >= 4 is 12.3 Å². The first-order chi connectivity index (χ1) is 10.1. The summed E-state index contributed by atoms with van der Waals surface area (Å²) in [5.41, 5.74) is 0. The molecule has 1 saturated carbocycles. The third-order valence-corrected chi connectivity index (χ3v) is 4.18. The lowest BCUT2D eigenvalue weighted by Crippen LogP contribution is -2.31. The van der Waals surface area contributed by atoms with E-state index in [-0.39, 0.29) is 24.7 Å². The molecule has 0 aromatic carbocycles.